The molecule has 1 aromatic carbocycles. The number of nitrogens with one attached hydrogen (secondary N) is 1. The van der Waals surface area contributed by atoms with E-state index in [-0.39, 0.29) is 24.9 Å². The van der Waals surface area contributed by atoms with Crippen LogP contribution in [-0.2, 0) is 16.1 Å². The van der Waals surface area contributed by atoms with Crippen molar-refractivity contribution in [3.8, 4) is 0 Å². The largest absolute Gasteiger partial charge is 0.467 e. The van der Waals surface area contributed by atoms with Gasteiger partial charge < -0.3 is 14.6 Å². The van der Waals surface area contributed by atoms with E-state index in [9.17, 15) is 9.59 Å². The van der Waals surface area contributed by atoms with Gasteiger partial charge in [0.1, 0.15) is 12.3 Å². The van der Waals surface area contributed by atoms with Gasteiger partial charge in [0, 0.05) is 11.4 Å². The van der Waals surface area contributed by atoms with Gasteiger partial charge in [0.25, 0.3) is 0 Å². The van der Waals surface area contributed by atoms with Crippen LogP contribution in [0.1, 0.15) is 18.2 Å². The third kappa shape index (κ3) is 4.46. The molecule has 0 bridgehead atoms. The number of rotatable bonds is 5. The molecule has 116 valence electrons. The Morgan fingerprint density at radius 2 is 2.09 bits per heavy atom. The van der Waals surface area contributed by atoms with E-state index in [2.05, 4.69) is 21.2 Å². The van der Waals surface area contributed by atoms with Gasteiger partial charge in [-0.3, -0.25) is 9.59 Å². The van der Waals surface area contributed by atoms with Crippen LogP contribution in [-0.4, -0.2) is 23.3 Å². The van der Waals surface area contributed by atoms with Gasteiger partial charge in [0.05, 0.1) is 18.5 Å². The van der Waals surface area contributed by atoms with Crippen LogP contribution in [0.15, 0.2) is 45.5 Å². The fraction of sp³-hybridized carbons (Fsp3) is 0.250. The molecule has 0 atom stereocenters. The first-order valence-corrected chi connectivity index (χ1v) is 7.59. The third-order valence-corrected chi connectivity index (χ3v) is 3.76. The summed E-state index contributed by atoms with van der Waals surface area (Å²) < 4.78 is 6.02. The van der Waals surface area contributed by atoms with E-state index >= 15 is 0 Å². The number of nitrogens with zero attached hydrogens (tertiary/aromatic N) is 1. The van der Waals surface area contributed by atoms with Crippen molar-refractivity contribution in [2.24, 2.45) is 0 Å². The van der Waals surface area contributed by atoms with Gasteiger partial charge in [0.2, 0.25) is 11.8 Å². The summed E-state index contributed by atoms with van der Waals surface area (Å²) >= 11 is 3.41. The second-order valence-corrected chi connectivity index (χ2v) is 5.84. The van der Waals surface area contributed by atoms with Crippen LogP contribution in [0.2, 0.25) is 0 Å². The number of hydrogen-bond donors (Lipinski definition) is 1. The molecule has 0 aliphatic heterocycles. The highest BCUT2D eigenvalue weighted by molar-refractivity contribution is 9.10. The molecule has 0 aliphatic carbocycles. The molecular weight excluding hydrogens is 348 g/mol. The molecule has 2 amide bonds. The normalized spacial score (nSPS) is 10.3. The number of halogens is 1. The lowest BCUT2D eigenvalue weighted by Crippen LogP contribution is -2.36. The minimum Gasteiger partial charge on any atom is -0.467 e. The molecule has 0 spiro atoms. The Bertz CT molecular complexity index is 668. The third-order valence-electron chi connectivity index (χ3n) is 3.11. The molecule has 0 saturated heterocycles. The Hall–Kier alpha value is -2.08. The predicted molar refractivity (Wildman–Crippen MR) is 87.3 cm³/mol. The van der Waals surface area contributed by atoms with Crippen molar-refractivity contribution >= 4 is 33.4 Å². The average molecular weight is 365 g/mol. The van der Waals surface area contributed by atoms with E-state index in [4.69, 9.17) is 4.42 Å². The number of amides is 2. The SMILES string of the molecule is CC(=O)N(CC(=O)Nc1ccc(C)cc1Br)Cc1ccco1. The lowest BCUT2D eigenvalue weighted by molar-refractivity contribution is -0.133. The minimum absolute atomic E-state index is 0.0314. The van der Waals surface area contributed by atoms with Crippen molar-refractivity contribution in [3.05, 3.63) is 52.4 Å². The maximum atomic E-state index is 12.1. The first kappa shape index (κ1) is 16.3. The summed E-state index contributed by atoms with van der Waals surface area (Å²) in [6, 6.07) is 9.16. The molecule has 0 fully saturated rings. The average Bonchev–Trinajstić information content (AvgIpc) is 2.94. The summed E-state index contributed by atoms with van der Waals surface area (Å²) in [7, 11) is 0. The van der Waals surface area contributed by atoms with Gasteiger partial charge >= 0.3 is 0 Å². The summed E-state index contributed by atoms with van der Waals surface area (Å²) in [4.78, 5) is 25.2. The van der Waals surface area contributed by atoms with Gasteiger partial charge in [-0.15, -0.1) is 0 Å². The van der Waals surface area contributed by atoms with Crippen molar-refractivity contribution in [3.63, 3.8) is 0 Å². The quantitative estimate of drug-likeness (QED) is 0.884. The van der Waals surface area contributed by atoms with Gasteiger partial charge in [-0.05, 0) is 52.7 Å². The zero-order chi connectivity index (χ0) is 16.1. The first-order chi connectivity index (χ1) is 10.5. The van der Waals surface area contributed by atoms with Crippen LogP contribution in [0.3, 0.4) is 0 Å². The van der Waals surface area contributed by atoms with E-state index < -0.39 is 0 Å². The molecular formula is C16H17BrN2O3. The Morgan fingerprint density at radius 1 is 1.32 bits per heavy atom. The van der Waals surface area contributed by atoms with Crippen LogP contribution in [0.5, 0.6) is 0 Å². The van der Waals surface area contributed by atoms with Crippen LogP contribution < -0.4 is 5.32 Å². The van der Waals surface area contributed by atoms with Gasteiger partial charge in [0.15, 0.2) is 0 Å². The highest BCUT2D eigenvalue weighted by Crippen LogP contribution is 2.23. The predicted octanol–water partition coefficient (Wildman–Crippen LogP) is 3.34. The molecule has 22 heavy (non-hydrogen) atoms. The van der Waals surface area contributed by atoms with Gasteiger partial charge in [-0.2, -0.15) is 0 Å². The van der Waals surface area contributed by atoms with Crippen LogP contribution in [0.4, 0.5) is 5.69 Å². The molecule has 0 aliphatic rings. The number of benzene rings is 1. The Kier molecular flexibility index (Phi) is 5.38. The number of hydrogen-bond acceptors (Lipinski definition) is 3. The fourth-order valence-electron chi connectivity index (χ4n) is 1.95. The lowest BCUT2D eigenvalue weighted by atomic mass is 10.2. The van der Waals surface area contributed by atoms with Gasteiger partial charge in [-0.25, -0.2) is 0 Å². The number of aryl methyl sites for hydroxylation is 1. The van der Waals surface area contributed by atoms with Crippen molar-refractivity contribution in [1.29, 1.82) is 0 Å². The molecule has 2 aromatic rings. The summed E-state index contributed by atoms with van der Waals surface area (Å²) in [6.07, 6.45) is 1.54. The van der Waals surface area contributed by atoms with E-state index in [1.54, 1.807) is 12.1 Å². The topological polar surface area (TPSA) is 62.6 Å². The molecule has 1 aromatic heterocycles. The highest BCUT2D eigenvalue weighted by atomic mass is 79.9. The van der Waals surface area contributed by atoms with Crippen LogP contribution in [0.25, 0.3) is 0 Å². The fourth-order valence-corrected chi connectivity index (χ4v) is 2.55. The number of anilines is 1. The second kappa shape index (κ2) is 7.26. The molecule has 5 nitrogen and oxygen atoms in total. The summed E-state index contributed by atoms with van der Waals surface area (Å²) in [5.74, 6) is 0.195. The van der Waals surface area contributed by atoms with Crippen molar-refractivity contribution in [1.82, 2.24) is 4.90 Å². The Labute approximate surface area is 137 Å². The summed E-state index contributed by atoms with van der Waals surface area (Å²) in [5, 5.41) is 2.79. The molecule has 0 saturated carbocycles. The van der Waals surface area contributed by atoms with E-state index in [1.807, 2.05) is 25.1 Å². The van der Waals surface area contributed by atoms with E-state index in [1.165, 1.54) is 18.1 Å². The molecule has 2 rings (SSSR count). The lowest BCUT2D eigenvalue weighted by Gasteiger charge is -2.19. The molecule has 6 heteroatoms. The maximum absolute atomic E-state index is 12.1. The second-order valence-electron chi connectivity index (χ2n) is 4.99. The van der Waals surface area contributed by atoms with Crippen LogP contribution >= 0.6 is 15.9 Å². The number of furan rings is 1. The molecule has 0 unspecified atom stereocenters. The summed E-state index contributed by atoms with van der Waals surface area (Å²) in [5.41, 5.74) is 1.77. The van der Waals surface area contributed by atoms with E-state index in [0.717, 1.165) is 10.0 Å². The maximum Gasteiger partial charge on any atom is 0.244 e. The zero-order valence-corrected chi connectivity index (χ0v) is 14.0. The van der Waals surface area contributed by atoms with Crippen molar-refractivity contribution in [2.75, 3.05) is 11.9 Å². The summed E-state index contributed by atoms with van der Waals surface area (Å²) in [6.45, 7) is 3.64. The smallest absolute Gasteiger partial charge is 0.244 e. The van der Waals surface area contributed by atoms with Crippen LogP contribution in [0, 0.1) is 6.92 Å². The van der Waals surface area contributed by atoms with E-state index in [0.29, 0.717) is 11.4 Å². The monoisotopic (exact) mass is 364 g/mol. The van der Waals surface area contributed by atoms with Gasteiger partial charge in [-0.1, -0.05) is 6.07 Å². The standard InChI is InChI=1S/C16H17BrN2O3/c1-11-5-6-15(14(17)8-11)18-16(21)10-19(12(2)20)9-13-4-3-7-22-13/h3-8H,9-10H2,1-2H3,(H,18,21). The first-order valence-electron chi connectivity index (χ1n) is 6.79. The number of carbonyl (C=O) groups is 2. The number of carbonyl (C=O) groups excluding carboxylic acids is 2. The highest BCUT2D eigenvalue weighted by Gasteiger charge is 2.16. The molecule has 1 heterocycles. The molecule has 1 N–H and O–H groups in total. The Morgan fingerprint density at radius 3 is 2.68 bits per heavy atom. The Balaban J connectivity index is 2.00. The minimum atomic E-state index is -0.258. The zero-order valence-electron chi connectivity index (χ0n) is 12.4. The van der Waals surface area contributed by atoms with Crippen molar-refractivity contribution in [2.45, 2.75) is 20.4 Å². The van der Waals surface area contributed by atoms with Crippen molar-refractivity contribution < 1.29 is 14.0 Å². The molecule has 0 radical (unpaired) electrons.